The maximum atomic E-state index is 2.65. The minimum atomic E-state index is -0.458. The Morgan fingerprint density at radius 1 is 0.293 bits per heavy atom. The molecule has 0 N–H and O–H groups in total. The third-order valence-corrected chi connectivity index (χ3v) is 18.2. The smallest absolute Gasteiger partial charge is 0.252 e. The predicted molar refractivity (Wildman–Crippen MR) is 312 cm³/mol. The Hall–Kier alpha value is -8.92. The number of hydrogen-bond donors (Lipinski definition) is 0. The van der Waals surface area contributed by atoms with Crippen LogP contribution in [-0.4, -0.2) is 6.71 Å². The van der Waals surface area contributed by atoms with E-state index in [0.717, 1.165) is 0 Å². The molecule has 350 valence electrons. The maximum Gasteiger partial charge on any atom is 0.252 e. The van der Waals surface area contributed by atoms with Crippen molar-refractivity contribution in [2.45, 2.75) is 37.0 Å². The highest BCUT2D eigenvalue weighted by Crippen LogP contribution is 2.67. The van der Waals surface area contributed by atoms with Crippen LogP contribution in [0.5, 0.6) is 0 Å². The van der Waals surface area contributed by atoms with Gasteiger partial charge in [0.1, 0.15) is 0 Å². The highest BCUT2D eigenvalue weighted by atomic mass is 15.2. The molecule has 11 aromatic rings. The lowest BCUT2D eigenvalue weighted by atomic mass is 9.33. The second kappa shape index (κ2) is 14.4. The van der Waals surface area contributed by atoms with Crippen LogP contribution < -0.4 is 26.2 Å². The second-order valence-electron chi connectivity index (χ2n) is 22.6. The summed E-state index contributed by atoms with van der Waals surface area (Å²) >= 11 is 0. The van der Waals surface area contributed by atoms with Crippen molar-refractivity contribution in [3.05, 3.63) is 293 Å². The fraction of sp³-hybridized carbons (Fsp3) is 0.0833. The zero-order valence-corrected chi connectivity index (χ0v) is 42.1. The summed E-state index contributed by atoms with van der Waals surface area (Å²) in [4.78, 5) is 5.28. The van der Waals surface area contributed by atoms with Crippen LogP contribution in [0.2, 0.25) is 0 Å². The molecule has 4 aliphatic carbocycles. The van der Waals surface area contributed by atoms with Crippen molar-refractivity contribution in [3.8, 4) is 44.5 Å². The lowest BCUT2D eigenvalue weighted by Crippen LogP contribution is -2.61. The van der Waals surface area contributed by atoms with E-state index in [-0.39, 0.29) is 12.1 Å². The zero-order chi connectivity index (χ0) is 49.5. The molecule has 0 radical (unpaired) electrons. The summed E-state index contributed by atoms with van der Waals surface area (Å²) in [6.45, 7) is 7.05. The van der Waals surface area contributed by atoms with E-state index in [0.29, 0.717) is 0 Å². The summed E-state index contributed by atoms with van der Waals surface area (Å²) in [5, 5.41) is 0. The molecule has 2 spiro atoms. The molecule has 2 nitrogen and oxygen atoms in total. The quantitative estimate of drug-likeness (QED) is 0.159. The number of hydrogen-bond acceptors (Lipinski definition) is 2. The van der Waals surface area contributed by atoms with E-state index in [4.69, 9.17) is 0 Å². The molecule has 3 heteroatoms. The second-order valence-corrected chi connectivity index (χ2v) is 22.6. The van der Waals surface area contributed by atoms with Gasteiger partial charge in [-0.2, -0.15) is 0 Å². The molecule has 0 aromatic heterocycles. The first-order chi connectivity index (χ1) is 36.9. The van der Waals surface area contributed by atoms with E-state index in [1.165, 1.54) is 145 Å². The predicted octanol–water partition coefficient (Wildman–Crippen LogP) is 15.8. The van der Waals surface area contributed by atoms with Crippen LogP contribution >= 0.6 is 0 Å². The van der Waals surface area contributed by atoms with Gasteiger partial charge in [-0.1, -0.05) is 227 Å². The molecular weight excluding hydrogens is 904 g/mol. The molecule has 0 saturated heterocycles. The van der Waals surface area contributed by atoms with Crippen LogP contribution in [-0.2, 0) is 16.2 Å². The largest absolute Gasteiger partial charge is 0.311 e. The van der Waals surface area contributed by atoms with E-state index >= 15 is 0 Å². The van der Waals surface area contributed by atoms with Crippen molar-refractivity contribution in [2.24, 2.45) is 0 Å². The van der Waals surface area contributed by atoms with E-state index in [9.17, 15) is 0 Å². The van der Waals surface area contributed by atoms with Gasteiger partial charge in [-0.05, 0) is 142 Å². The molecule has 11 aromatic carbocycles. The third-order valence-electron chi connectivity index (χ3n) is 18.2. The molecule has 0 atom stereocenters. The topological polar surface area (TPSA) is 6.48 Å². The van der Waals surface area contributed by atoms with Crippen LogP contribution in [0.1, 0.15) is 70.8 Å². The van der Waals surface area contributed by atoms with E-state index < -0.39 is 10.8 Å². The summed E-state index contributed by atoms with van der Waals surface area (Å²) < 4.78 is 0. The Balaban J connectivity index is 0.951. The molecule has 0 saturated carbocycles. The number of nitrogens with zero attached hydrogens (tertiary/aromatic N) is 2. The molecule has 0 unspecified atom stereocenters. The monoisotopic (exact) mass is 952 g/mol. The maximum absolute atomic E-state index is 2.65. The first-order valence-corrected chi connectivity index (χ1v) is 26.7. The van der Waals surface area contributed by atoms with Crippen molar-refractivity contribution in [1.82, 2.24) is 0 Å². The molecule has 75 heavy (non-hydrogen) atoms. The lowest BCUT2D eigenvalue weighted by molar-refractivity contribution is 0.591. The number of anilines is 6. The van der Waals surface area contributed by atoms with Crippen molar-refractivity contribution < 1.29 is 0 Å². The Morgan fingerprint density at radius 2 is 0.627 bits per heavy atom. The van der Waals surface area contributed by atoms with Gasteiger partial charge in [0, 0.05) is 33.9 Å². The van der Waals surface area contributed by atoms with Gasteiger partial charge in [-0.3, -0.25) is 0 Å². The normalized spacial score (nSPS) is 15.3. The number of fused-ring (bicyclic) bond motifs is 24. The average molecular weight is 953 g/mol. The minimum absolute atomic E-state index is 0.00912. The summed E-state index contributed by atoms with van der Waals surface area (Å²) in [6.07, 6.45) is 0. The van der Waals surface area contributed by atoms with Gasteiger partial charge in [-0.25, -0.2) is 0 Å². The number of para-hydroxylation sites is 1. The summed E-state index contributed by atoms with van der Waals surface area (Å²) in [5.41, 5.74) is 32.9. The summed E-state index contributed by atoms with van der Waals surface area (Å²) in [5.74, 6) is 0. The minimum Gasteiger partial charge on any atom is -0.311 e. The molecule has 2 heterocycles. The Morgan fingerprint density at radius 3 is 1.08 bits per heavy atom. The van der Waals surface area contributed by atoms with Crippen LogP contribution in [0.3, 0.4) is 0 Å². The van der Waals surface area contributed by atoms with Gasteiger partial charge >= 0.3 is 0 Å². The molecule has 6 aliphatic rings. The zero-order valence-electron chi connectivity index (χ0n) is 42.1. The number of rotatable bonds is 2. The SMILES string of the molecule is CC(C)(C)c1ccc2c(c1)B1c3ccccc3N(c3cccc4c3-c3ccccc3C43c4ccccc4-c4ccccc43)c3cccc(c31)N2c1cccc2c1-c1ccccc1C21c2ccccc2-c2ccccc21. The average Bonchev–Trinajstić information content (AvgIpc) is 4.20. The van der Waals surface area contributed by atoms with Crippen LogP contribution in [0, 0.1) is 0 Å². The van der Waals surface area contributed by atoms with Crippen LogP contribution in [0.25, 0.3) is 44.5 Å². The van der Waals surface area contributed by atoms with Gasteiger partial charge in [0.2, 0.25) is 0 Å². The van der Waals surface area contributed by atoms with Crippen LogP contribution in [0.15, 0.2) is 243 Å². The fourth-order valence-corrected chi connectivity index (χ4v) is 15.5. The van der Waals surface area contributed by atoms with E-state index in [1.54, 1.807) is 0 Å². The highest BCUT2D eigenvalue weighted by Gasteiger charge is 2.55. The van der Waals surface area contributed by atoms with Gasteiger partial charge in [0.15, 0.2) is 0 Å². The van der Waals surface area contributed by atoms with E-state index in [1.807, 2.05) is 0 Å². The molecule has 2 aliphatic heterocycles. The third kappa shape index (κ3) is 4.94. The summed E-state index contributed by atoms with van der Waals surface area (Å²) in [7, 11) is 0. The van der Waals surface area contributed by atoms with Crippen LogP contribution in [0.4, 0.5) is 34.1 Å². The van der Waals surface area contributed by atoms with Gasteiger partial charge in [0.25, 0.3) is 6.71 Å². The molecule has 0 amide bonds. The van der Waals surface area contributed by atoms with Crippen molar-refractivity contribution in [1.29, 1.82) is 0 Å². The molecule has 0 fully saturated rings. The Kier molecular flexibility index (Phi) is 8.00. The van der Waals surface area contributed by atoms with Crippen molar-refractivity contribution in [2.75, 3.05) is 9.80 Å². The molecule has 17 rings (SSSR count). The molecular formula is C72H49BN2. The highest BCUT2D eigenvalue weighted by molar-refractivity contribution is 7.00. The number of benzene rings is 11. The van der Waals surface area contributed by atoms with Crippen molar-refractivity contribution >= 4 is 57.2 Å². The lowest BCUT2D eigenvalue weighted by Gasteiger charge is -2.45. The fourth-order valence-electron chi connectivity index (χ4n) is 15.5. The Bertz CT molecular complexity index is 4240. The van der Waals surface area contributed by atoms with E-state index in [2.05, 4.69) is 273 Å². The van der Waals surface area contributed by atoms with Crippen molar-refractivity contribution in [3.63, 3.8) is 0 Å². The van der Waals surface area contributed by atoms with Gasteiger partial charge < -0.3 is 9.80 Å². The Labute approximate surface area is 438 Å². The first kappa shape index (κ1) is 41.5. The molecule has 0 bridgehead atoms. The first-order valence-electron chi connectivity index (χ1n) is 26.7. The van der Waals surface area contributed by atoms with Gasteiger partial charge in [-0.15, -0.1) is 0 Å². The summed E-state index contributed by atoms with van der Waals surface area (Å²) in [6, 6.07) is 93.2. The van der Waals surface area contributed by atoms with Gasteiger partial charge in [0.05, 0.1) is 22.2 Å². The standard InChI is InChI=1S/C72H49BN2/c1-70(2,3)44-41-42-62-60(43-44)73-59-35-16-17-36-61(59)74(63-37-18-33-57-67(63)49-25-8-14-31-55(49)71(57)51-27-10-4-21-45(51)46-22-5-11-28-52(46)71)65-39-20-40-66(69(65)73)75(62)64-38-19-34-58-68(64)50-26-9-15-32-56(50)72(58)53-29-12-6-23-47(53)48-24-7-13-30-54(48)72/h4-43H,1-3H3.